The van der Waals surface area contributed by atoms with Crippen LogP contribution in [0, 0.1) is 5.92 Å². The first-order valence-corrected chi connectivity index (χ1v) is 4.23. The molecule has 0 saturated carbocycles. The predicted octanol–water partition coefficient (Wildman–Crippen LogP) is 0.661. The quantitative estimate of drug-likeness (QED) is 0.636. The highest BCUT2D eigenvalue weighted by Crippen LogP contribution is 2.15. The molecule has 3 nitrogen and oxygen atoms in total. The Morgan fingerprint density at radius 3 is 2.73 bits per heavy atom. The summed E-state index contributed by atoms with van der Waals surface area (Å²) < 4.78 is 0. The maximum Gasteiger partial charge on any atom is 0.191 e. The molecule has 1 aliphatic heterocycles. The summed E-state index contributed by atoms with van der Waals surface area (Å²) in [5.41, 5.74) is 5.69. The van der Waals surface area contributed by atoms with Crippen LogP contribution in [0.1, 0.15) is 20.8 Å². The van der Waals surface area contributed by atoms with E-state index in [1.54, 1.807) is 0 Å². The predicted molar refractivity (Wildman–Crippen MR) is 47.5 cm³/mol. The molecule has 0 aromatic rings. The third kappa shape index (κ3) is 1.47. The van der Waals surface area contributed by atoms with E-state index in [0.29, 0.717) is 17.9 Å². The van der Waals surface area contributed by atoms with Crippen LogP contribution in [0.4, 0.5) is 0 Å². The molecule has 0 spiro atoms. The van der Waals surface area contributed by atoms with Crippen molar-refractivity contribution in [1.82, 2.24) is 4.90 Å². The van der Waals surface area contributed by atoms with E-state index in [1.165, 1.54) is 0 Å². The van der Waals surface area contributed by atoms with Crippen molar-refractivity contribution in [1.29, 1.82) is 0 Å². The van der Waals surface area contributed by atoms with Gasteiger partial charge in [0.1, 0.15) is 0 Å². The Kier molecular flexibility index (Phi) is 2.37. The van der Waals surface area contributed by atoms with Gasteiger partial charge in [0.15, 0.2) is 5.96 Å². The number of rotatable bonds is 2. The highest BCUT2D eigenvalue weighted by molar-refractivity contribution is 5.80. The van der Waals surface area contributed by atoms with Crippen LogP contribution in [0.15, 0.2) is 4.99 Å². The molecule has 0 saturated heterocycles. The molecular weight excluding hydrogens is 138 g/mol. The van der Waals surface area contributed by atoms with Gasteiger partial charge in [-0.3, -0.25) is 4.99 Å². The monoisotopic (exact) mass is 155 g/mol. The number of hydrogen-bond donors (Lipinski definition) is 1. The van der Waals surface area contributed by atoms with Crippen molar-refractivity contribution in [2.75, 3.05) is 13.1 Å². The fraction of sp³-hybridized carbons (Fsp3) is 0.875. The third-order valence-corrected chi connectivity index (χ3v) is 2.25. The molecule has 0 amide bonds. The van der Waals surface area contributed by atoms with Crippen LogP contribution >= 0.6 is 0 Å². The first-order chi connectivity index (χ1) is 5.16. The van der Waals surface area contributed by atoms with Crippen molar-refractivity contribution >= 4 is 5.96 Å². The van der Waals surface area contributed by atoms with Gasteiger partial charge in [-0.1, -0.05) is 13.8 Å². The molecule has 64 valence electrons. The number of nitrogens with zero attached hydrogens (tertiary/aromatic N) is 2. The van der Waals surface area contributed by atoms with Crippen molar-refractivity contribution in [3.05, 3.63) is 0 Å². The summed E-state index contributed by atoms with van der Waals surface area (Å²) in [6.07, 6.45) is 0. The van der Waals surface area contributed by atoms with Gasteiger partial charge in [-0.05, 0) is 12.8 Å². The second-order valence-corrected chi connectivity index (χ2v) is 3.30. The smallest absolute Gasteiger partial charge is 0.191 e. The second-order valence-electron chi connectivity index (χ2n) is 3.30. The maximum absolute atomic E-state index is 5.69. The lowest BCUT2D eigenvalue weighted by molar-refractivity contribution is 0.285. The summed E-state index contributed by atoms with van der Waals surface area (Å²) in [5, 5.41) is 0. The van der Waals surface area contributed by atoms with Crippen molar-refractivity contribution in [3.8, 4) is 0 Å². The fourth-order valence-corrected chi connectivity index (χ4v) is 1.51. The Bertz CT molecular complexity index is 163. The molecule has 1 heterocycles. The summed E-state index contributed by atoms with van der Waals surface area (Å²) in [6.45, 7) is 8.38. The first kappa shape index (κ1) is 8.37. The van der Waals surface area contributed by atoms with Gasteiger partial charge < -0.3 is 10.6 Å². The van der Waals surface area contributed by atoms with Crippen LogP contribution in [0.3, 0.4) is 0 Å². The second kappa shape index (κ2) is 3.11. The minimum absolute atomic E-state index is 0.528. The molecule has 11 heavy (non-hydrogen) atoms. The van der Waals surface area contributed by atoms with Gasteiger partial charge >= 0.3 is 0 Å². The van der Waals surface area contributed by atoms with Crippen molar-refractivity contribution < 1.29 is 0 Å². The molecule has 1 unspecified atom stereocenters. The van der Waals surface area contributed by atoms with Gasteiger partial charge in [-0.15, -0.1) is 0 Å². The zero-order valence-electron chi connectivity index (χ0n) is 7.54. The Morgan fingerprint density at radius 2 is 2.36 bits per heavy atom. The summed E-state index contributed by atoms with van der Waals surface area (Å²) in [6, 6.07) is 0.528. The van der Waals surface area contributed by atoms with Crippen LogP contribution in [0.2, 0.25) is 0 Å². The Balaban J connectivity index is 2.61. The highest BCUT2D eigenvalue weighted by Gasteiger charge is 2.26. The molecule has 1 rings (SSSR count). The third-order valence-electron chi connectivity index (χ3n) is 2.25. The standard InChI is InChI=1S/C8H17N3/c1-4-11-7(6(2)3)5-10-8(11)9/h6-7H,4-5H2,1-3H3,(H2,9,10). The summed E-state index contributed by atoms with van der Waals surface area (Å²) in [4.78, 5) is 6.38. The first-order valence-electron chi connectivity index (χ1n) is 4.23. The Labute approximate surface area is 68.3 Å². The lowest BCUT2D eigenvalue weighted by Crippen LogP contribution is -2.42. The number of guanidine groups is 1. The number of nitrogens with two attached hydrogens (primary N) is 1. The Morgan fingerprint density at radius 1 is 1.73 bits per heavy atom. The normalized spacial score (nSPS) is 24.5. The van der Waals surface area contributed by atoms with E-state index >= 15 is 0 Å². The van der Waals surface area contributed by atoms with Crippen molar-refractivity contribution in [2.45, 2.75) is 26.8 Å². The lowest BCUT2D eigenvalue weighted by atomic mass is 10.0. The van der Waals surface area contributed by atoms with Gasteiger partial charge in [-0.2, -0.15) is 0 Å². The van der Waals surface area contributed by atoms with Gasteiger partial charge in [-0.25, -0.2) is 0 Å². The summed E-state index contributed by atoms with van der Waals surface area (Å²) >= 11 is 0. The van der Waals surface area contributed by atoms with Gasteiger partial charge in [0, 0.05) is 6.54 Å². The van der Waals surface area contributed by atoms with Gasteiger partial charge in [0.2, 0.25) is 0 Å². The number of aliphatic imine (C=N–C) groups is 1. The summed E-state index contributed by atoms with van der Waals surface area (Å²) in [7, 11) is 0. The Hall–Kier alpha value is -0.730. The van der Waals surface area contributed by atoms with E-state index < -0.39 is 0 Å². The molecule has 3 heteroatoms. The van der Waals surface area contributed by atoms with E-state index in [9.17, 15) is 0 Å². The molecule has 0 aliphatic carbocycles. The van der Waals surface area contributed by atoms with Crippen LogP contribution in [-0.4, -0.2) is 30.0 Å². The molecule has 0 aromatic heterocycles. The molecule has 2 N–H and O–H groups in total. The van der Waals surface area contributed by atoms with Gasteiger partial charge in [0.05, 0.1) is 12.6 Å². The van der Waals surface area contributed by atoms with Gasteiger partial charge in [0.25, 0.3) is 0 Å². The van der Waals surface area contributed by atoms with Crippen LogP contribution < -0.4 is 5.73 Å². The topological polar surface area (TPSA) is 41.6 Å². The summed E-state index contributed by atoms with van der Waals surface area (Å²) in [5.74, 6) is 1.35. The van der Waals surface area contributed by atoms with Crippen molar-refractivity contribution in [2.24, 2.45) is 16.6 Å². The minimum atomic E-state index is 0.528. The number of hydrogen-bond acceptors (Lipinski definition) is 3. The highest BCUT2D eigenvalue weighted by atomic mass is 15.3. The molecule has 0 radical (unpaired) electrons. The zero-order chi connectivity index (χ0) is 8.43. The molecule has 0 aromatic carbocycles. The average molecular weight is 155 g/mol. The van der Waals surface area contributed by atoms with Crippen LogP contribution in [0.25, 0.3) is 0 Å². The lowest BCUT2D eigenvalue weighted by Gasteiger charge is -2.27. The van der Waals surface area contributed by atoms with Crippen LogP contribution in [0.5, 0.6) is 0 Å². The van der Waals surface area contributed by atoms with E-state index in [0.717, 1.165) is 13.1 Å². The van der Waals surface area contributed by atoms with Crippen molar-refractivity contribution in [3.63, 3.8) is 0 Å². The molecular formula is C8H17N3. The zero-order valence-corrected chi connectivity index (χ0v) is 7.54. The van der Waals surface area contributed by atoms with E-state index in [-0.39, 0.29) is 0 Å². The largest absolute Gasteiger partial charge is 0.370 e. The minimum Gasteiger partial charge on any atom is -0.370 e. The van der Waals surface area contributed by atoms with E-state index in [1.807, 2.05) is 0 Å². The average Bonchev–Trinajstić information content (AvgIpc) is 2.30. The number of likely N-dealkylation sites (N-methyl/N-ethyl adjacent to an activating group) is 1. The SMILES string of the molecule is CCN1C(N)=NCC1C(C)C. The van der Waals surface area contributed by atoms with E-state index in [4.69, 9.17) is 5.73 Å². The fourth-order valence-electron chi connectivity index (χ4n) is 1.51. The van der Waals surface area contributed by atoms with Crippen LogP contribution in [-0.2, 0) is 0 Å². The molecule has 0 fully saturated rings. The van der Waals surface area contributed by atoms with E-state index in [2.05, 4.69) is 30.7 Å². The molecule has 0 bridgehead atoms. The maximum atomic E-state index is 5.69. The molecule has 1 atom stereocenters. The molecule has 1 aliphatic rings.